The minimum absolute atomic E-state index is 0.352. The summed E-state index contributed by atoms with van der Waals surface area (Å²) in [6.45, 7) is 2.06. The SMILES string of the molecule is CCCc1nc(CSc2nc(N)cc(N)n2)no1. The maximum absolute atomic E-state index is 5.58. The molecule has 2 aromatic rings. The average Bonchev–Trinajstić information content (AvgIpc) is 2.74. The van der Waals surface area contributed by atoms with Gasteiger partial charge in [0.25, 0.3) is 0 Å². The van der Waals surface area contributed by atoms with E-state index in [-0.39, 0.29) is 0 Å². The molecular formula is C10H14N6OS. The van der Waals surface area contributed by atoms with Crippen molar-refractivity contribution in [2.24, 2.45) is 0 Å². The van der Waals surface area contributed by atoms with Crippen LogP contribution in [0.15, 0.2) is 15.7 Å². The van der Waals surface area contributed by atoms with Gasteiger partial charge in [-0.05, 0) is 6.42 Å². The lowest BCUT2D eigenvalue weighted by atomic mass is 10.3. The fourth-order valence-corrected chi connectivity index (χ4v) is 2.04. The van der Waals surface area contributed by atoms with Crippen molar-refractivity contribution in [3.8, 4) is 0 Å². The summed E-state index contributed by atoms with van der Waals surface area (Å²) < 4.78 is 5.08. The Bertz CT molecular complexity index is 509. The lowest BCUT2D eigenvalue weighted by Crippen LogP contribution is -1.99. The molecule has 0 unspecified atom stereocenters. The minimum Gasteiger partial charge on any atom is -0.383 e. The van der Waals surface area contributed by atoms with Gasteiger partial charge in [0, 0.05) is 12.5 Å². The van der Waals surface area contributed by atoms with Gasteiger partial charge in [-0.1, -0.05) is 23.8 Å². The van der Waals surface area contributed by atoms with E-state index in [1.165, 1.54) is 17.8 Å². The number of rotatable bonds is 5. The number of thioether (sulfide) groups is 1. The molecule has 0 amide bonds. The van der Waals surface area contributed by atoms with Crippen LogP contribution in [0.4, 0.5) is 11.6 Å². The molecule has 0 radical (unpaired) electrons. The first-order valence-corrected chi connectivity index (χ1v) is 6.50. The molecule has 4 N–H and O–H groups in total. The highest BCUT2D eigenvalue weighted by Gasteiger charge is 2.08. The summed E-state index contributed by atoms with van der Waals surface area (Å²) in [5.74, 6) is 2.50. The van der Waals surface area contributed by atoms with Gasteiger partial charge in [-0.3, -0.25) is 0 Å². The zero-order valence-electron chi connectivity index (χ0n) is 9.96. The van der Waals surface area contributed by atoms with E-state index in [1.807, 2.05) is 0 Å². The molecule has 2 heterocycles. The van der Waals surface area contributed by atoms with Crippen molar-refractivity contribution in [1.82, 2.24) is 20.1 Å². The summed E-state index contributed by atoms with van der Waals surface area (Å²) >= 11 is 1.37. The molecule has 0 saturated heterocycles. The Morgan fingerprint density at radius 1 is 1.22 bits per heavy atom. The maximum atomic E-state index is 5.58. The summed E-state index contributed by atoms with van der Waals surface area (Å²) in [5.41, 5.74) is 11.2. The van der Waals surface area contributed by atoms with Crippen molar-refractivity contribution in [3.05, 3.63) is 17.8 Å². The van der Waals surface area contributed by atoms with Gasteiger partial charge >= 0.3 is 0 Å². The van der Waals surface area contributed by atoms with Gasteiger partial charge < -0.3 is 16.0 Å². The Morgan fingerprint density at radius 2 is 1.94 bits per heavy atom. The second kappa shape index (κ2) is 5.67. The lowest BCUT2D eigenvalue weighted by Gasteiger charge is -2.00. The summed E-state index contributed by atoms with van der Waals surface area (Å²) in [6.07, 6.45) is 1.77. The molecule has 0 aliphatic carbocycles. The highest BCUT2D eigenvalue weighted by molar-refractivity contribution is 7.98. The van der Waals surface area contributed by atoms with E-state index in [9.17, 15) is 0 Å². The predicted octanol–water partition coefficient (Wildman–Crippen LogP) is 1.27. The van der Waals surface area contributed by atoms with Crippen molar-refractivity contribution >= 4 is 23.4 Å². The quantitative estimate of drug-likeness (QED) is 0.613. The molecule has 7 nitrogen and oxygen atoms in total. The standard InChI is InChI=1S/C10H14N6OS/c1-2-3-9-15-8(16-17-9)5-18-10-13-6(11)4-7(12)14-10/h4H,2-3,5H2,1H3,(H4,11,12,13,14). The van der Waals surface area contributed by atoms with Gasteiger partial charge in [-0.2, -0.15) is 4.98 Å². The molecule has 18 heavy (non-hydrogen) atoms. The molecule has 0 fully saturated rings. The second-order valence-electron chi connectivity index (χ2n) is 3.64. The number of anilines is 2. The molecule has 0 atom stereocenters. The van der Waals surface area contributed by atoms with E-state index < -0.39 is 0 Å². The van der Waals surface area contributed by atoms with Gasteiger partial charge in [-0.25, -0.2) is 9.97 Å². The first-order chi connectivity index (χ1) is 8.67. The fraction of sp³-hybridized carbons (Fsp3) is 0.400. The summed E-state index contributed by atoms with van der Waals surface area (Å²) in [5, 5.41) is 4.38. The third-order valence-corrected chi connectivity index (χ3v) is 2.89. The fourth-order valence-electron chi connectivity index (χ4n) is 1.32. The number of aryl methyl sites for hydroxylation is 1. The van der Waals surface area contributed by atoms with Crippen LogP contribution in [0.5, 0.6) is 0 Å². The molecule has 2 rings (SSSR count). The largest absolute Gasteiger partial charge is 0.383 e. The van der Waals surface area contributed by atoms with Crippen molar-refractivity contribution in [2.75, 3.05) is 11.5 Å². The number of nitrogen functional groups attached to an aromatic ring is 2. The molecule has 0 aromatic carbocycles. The number of hydrogen-bond donors (Lipinski definition) is 2. The Balaban J connectivity index is 1.97. The average molecular weight is 266 g/mol. The van der Waals surface area contributed by atoms with Crippen molar-refractivity contribution < 1.29 is 4.52 Å². The Labute approximate surface area is 108 Å². The molecule has 96 valence electrons. The molecule has 0 spiro atoms. The van der Waals surface area contributed by atoms with Crippen LogP contribution in [0.1, 0.15) is 25.1 Å². The van der Waals surface area contributed by atoms with Gasteiger partial charge in [0.05, 0.1) is 5.75 Å². The normalized spacial score (nSPS) is 10.7. The van der Waals surface area contributed by atoms with Gasteiger partial charge in [0.15, 0.2) is 11.0 Å². The van der Waals surface area contributed by atoms with Gasteiger partial charge in [-0.15, -0.1) is 0 Å². The van der Waals surface area contributed by atoms with Gasteiger partial charge in [0.2, 0.25) is 5.89 Å². The Kier molecular flexibility index (Phi) is 3.98. The summed E-state index contributed by atoms with van der Waals surface area (Å²) in [7, 11) is 0. The highest BCUT2D eigenvalue weighted by atomic mass is 32.2. The first-order valence-electron chi connectivity index (χ1n) is 5.51. The summed E-state index contributed by atoms with van der Waals surface area (Å²) in [4.78, 5) is 12.4. The molecule has 8 heteroatoms. The van der Waals surface area contributed by atoms with Crippen LogP contribution in [-0.4, -0.2) is 20.1 Å². The number of nitrogens with zero attached hydrogens (tertiary/aromatic N) is 4. The van der Waals surface area contributed by atoms with E-state index in [0.717, 1.165) is 12.8 Å². The number of hydrogen-bond acceptors (Lipinski definition) is 8. The summed E-state index contributed by atoms with van der Waals surface area (Å²) in [6, 6.07) is 1.51. The van der Waals surface area contributed by atoms with E-state index >= 15 is 0 Å². The molecular weight excluding hydrogens is 252 g/mol. The van der Waals surface area contributed by atoms with Crippen molar-refractivity contribution in [2.45, 2.75) is 30.7 Å². The second-order valence-corrected chi connectivity index (χ2v) is 4.59. The minimum atomic E-state index is 0.352. The van der Waals surface area contributed by atoms with E-state index in [4.69, 9.17) is 16.0 Å². The van der Waals surface area contributed by atoms with Gasteiger partial charge in [0.1, 0.15) is 11.6 Å². The van der Waals surface area contributed by atoms with E-state index in [2.05, 4.69) is 27.0 Å². The maximum Gasteiger partial charge on any atom is 0.226 e. The highest BCUT2D eigenvalue weighted by Crippen LogP contribution is 2.19. The molecule has 0 bridgehead atoms. The third kappa shape index (κ3) is 3.33. The number of aromatic nitrogens is 4. The first kappa shape index (κ1) is 12.6. The molecule has 2 aromatic heterocycles. The van der Waals surface area contributed by atoms with Crippen LogP contribution < -0.4 is 11.5 Å². The van der Waals surface area contributed by atoms with Crippen LogP contribution in [0.3, 0.4) is 0 Å². The van der Waals surface area contributed by atoms with E-state index in [0.29, 0.717) is 34.3 Å². The topological polar surface area (TPSA) is 117 Å². The van der Waals surface area contributed by atoms with Crippen LogP contribution in [0.2, 0.25) is 0 Å². The van der Waals surface area contributed by atoms with Crippen molar-refractivity contribution in [3.63, 3.8) is 0 Å². The third-order valence-electron chi connectivity index (χ3n) is 2.05. The number of nitrogens with two attached hydrogens (primary N) is 2. The molecule has 0 saturated carbocycles. The van der Waals surface area contributed by atoms with Crippen LogP contribution >= 0.6 is 11.8 Å². The predicted molar refractivity (Wildman–Crippen MR) is 68.7 cm³/mol. The Hall–Kier alpha value is -1.83. The lowest BCUT2D eigenvalue weighted by molar-refractivity contribution is 0.373. The molecule has 0 aliphatic heterocycles. The van der Waals surface area contributed by atoms with Crippen LogP contribution in [-0.2, 0) is 12.2 Å². The Morgan fingerprint density at radius 3 is 2.61 bits per heavy atom. The van der Waals surface area contributed by atoms with E-state index in [1.54, 1.807) is 0 Å². The van der Waals surface area contributed by atoms with Crippen LogP contribution in [0.25, 0.3) is 0 Å². The van der Waals surface area contributed by atoms with Crippen LogP contribution in [0, 0.1) is 0 Å². The monoisotopic (exact) mass is 266 g/mol. The zero-order chi connectivity index (χ0) is 13.0. The smallest absolute Gasteiger partial charge is 0.226 e. The molecule has 0 aliphatic rings. The van der Waals surface area contributed by atoms with Crippen molar-refractivity contribution in [1.29, 1.82) is 0 Å². The zero-order valence-corrected chi connectivity index (χ0v) is 10.8.